The monoisotopic (exact) mass is 173 g/mol. The van der Waals surface area contributed by atoms with E-state index in [1.807, 2.05) is 0 Å². The summed E-state index contributed by atoms with van der Waals surface area (Å²) in [7, 11) is -3.68. The molecule has 6 heteroatoms. The molecule has 0 aromatic carbocycles. The van der Waals surface area contributed by atoms with Gasteiger partial charge in [0.15, 0.2) is 0 Å². The van der Waals surface area contributed by atoms with Gasteiger partial charge in [-0.05, 0) is 6.07 Å². The predicted molar refractivity (Wildman–Crippen MR) is 33.4 cm³/mol. The van der Waals surface area contributed by atoms with Crippen LogP contribution in [0.25, 0.3) is 0 Å². The molecule has 1 aromatic heterocycles. The van der Waals surface area contributed by atoms with Crippen molar-refractivity contribution in [2.75, 3.05) is 0 Å². The zero-order valence-corrected chi connectivity index (χ0v) is 6.01. The number of rotatable bonds is 0. The quantitative estimate of drug-likeness (QED) is 0.585. The molecule has 2 heterocycles. The minimum atomic E-state index is -3.68. The fourth-order valence-electron chi connectivity index (χ4n) is 0.895. The van der Waals surface area contributed by atoms with Gasteiger partial charge in [0.25, 0.3) is 21.0 Å². The van der Waals surface area contributed by atoms with E-state index < -0.39 is 15.9 Å². The standard InChI is InChI=1S/C5H3NO4S/c7-4-3-1-2-10-5(3)11(8,9)6-4/h1-2H,(H,6,7). The molecule has 0 saturated heterocycles. The third kappa shape index (κ3) is 0.695. The molecule has 11 heavy (non-hydrogen) atoms. The smallest absolute Gasteiger partial charge is 0.298 e. The molecule has 0 radical (unpaired) electrons. The zero-order chi connectivity index (χ0) is 8.06. The van der Waals surface area contributed by atoms with Crippen LogP contribution >= 0.6 is 0 Å². The molecule has 58 valence electrons. The summed E-state index contributed by atoms with van der Waals surface area (Å²) in [6, 6.07) is 1.31. The van der Waals surface area contributed by atoms with Crippen molar-refractivity contribution in [1.82, 2.24) is 4.72 Å². The van der Waals surface area contributed by atoms with Crippen LogP contribution in [0.2, 0.25) is 0 Å². The number of carbonyl (C=O) groups is 1. The van der Waals surface area contributed by atoms with Gasteiger partial charge < -0.3 is 4.42 Å². The van der Waals surface area contributed by atoms with Gasteiger partial charge in [0.05, 0.1) is 11.8 Å². The van der Waals surface area contributed by atoms with Crippen LogP contribution in [0.1, 0.15) is 10.4 Å². The number of fused-ring (bicyclic) bond motifs is 1. The summed E-state index contributed by atoms with van der Waals surface area (Å²) in [6.07, 6.45) is 1.17. The molecular formula is C5H3NO4S. The Labute approximate surface area is 62.1 Å². The van der Waals surface area contributed by atoms with Crippen LogP contribution in [0, 0.1) is 0 Å². The minimum Gasteiger partial charge on any atom is -0.451 e. The van der Waals surface area contributed by atoms with E-state index in [2.05, 4.69) is 4.42 Å². The second kappa shape index (κ2) is 1.65. The van der Waals surface area contributed by atoms with Gasteiger partial charge in [0.1, 0.15) is 0 Å². The lowest BCUT2D eigenvalue weighted by Gasteiger charge is -1.88. The molecule has 2 rings (SSSR count). The maximum absolute atomic E-state index is 10.9. The maximum atomic E-state index is 10.9. The zero-order valence-electron chi connectivity index (χ0n) is 5.20. The molecule has 0 bridgehead atoms. The van der Waals surface area contributed by atoms with Crippen molar-refractivity contribution >= 4 is 15.9 Å². The Morgan fingerprint density at radius 3 is 2.82 bits per heavy atom. The summed E-state index contributed by atoms with van der Waals surface area (Å²) in [5, 5.41) is -0.289. The van der Waals surface area contributed by atoms with Crippen LogP contribution in [0.4, 0.5) is 0 Å². The minimum absolute atomic E-state index is 0.0741. The van der Waals surface area contributed by atoms with Crippen LogP contribution in [-0.4, -0.2) is 14.3 Å². The van der Waals surface area contributed by atoms with Crippen molar-refractivity contribution in [3.8, 4) is 0 Å². The highest BCUT2D eigenvalue weighted by Gasteiger charge is 2.35. The van der Waals surface area contributed by atoms with E-state index in [1.54, 1.807) is 4.72 Å². The van der Waals surface area contributed by atoms with Crippen molar-refractivity contribution in [2.45, 2.75) is 5.09 Å². The van der Waals surface area contributed by atoms with E-state index in [0.717, 1.165) is 0 Å². The highest BCUT2D eigenvalue weighted by Crippen LogP contribution is 2.22. The van der Waals surface area contributed by atoms with E-state index in [-0.39, 0.29) is 10.7 Å². The van der Waals surface area contributed by atoms with Gasteiger partial charge in [-0.15, -0.1) is 0 Å². The normalized spacial score (nSPS) is 19.5. The van der Waals surface area contributed by atoms with Crippen molar-refractivity contribution in [3.05, 3.63) is 17.9 Å². The molecule has 0 fully saturated rings. The number of furan rings is 1. The molecule has 0 aliphatic carbocycles. The first-order valence-electron chi connectivity index (χ1n) is 2.76. The van der Waals surface area contributed by atoms with Crippen molar-refractivity contribution in [2.24, 2.45) is 0 Å². The van der Waals surface area contributed by atoms with E-state index in [0.29, 0.717) is 0 Å². The Hall–Kier alpha value is -1.30. The van der Waals surface area contributed by atoms with Gasteiger partial charge in [-0.1, -0.05) is 0 Å². The van der Waals surface area contributed by atoms with Crippen LogP contribution in [0.5, 0.6) is 0 Å². The van der Waals surface area contributed by atoms with Crippen LogP contribution < -0.4 is 4.72 Å². The van der Waals surface area contributed by atoms with Crippen LogP contribution in [0.3, 0.4) is 0 Å². The second-order valence-corrected chi connectivity index (χ2v) is 3.64. The number of hydrogen-bond donors (Lipinski definition) is 1. The highest BCUT2D eigenvalue weighted by molar-refractivity contribution is 7.90. The first-order chi connectivity index (χ1) is 5.11. The van der Waals surface area contributed by atoms with Crippen molar-refractivity contribution in [1.29, 1.82) is 0 Å². The van der Waals surface area contributed by atoms with Gasteiger partial charge in [-0.3, -0.25) is 4.79 Å². The lowest BCUT2D eigenvalue weighted by Crippen LogP contribution is -2.21. The van der Waals surface area contributed by atoms with Gasteiger partial charge in [-0.2, -0.15) is 8.42 Å². The summed E-state index contributed by atoms with van der Waals surface area (Å²) in [6.45, 7) is 0. The molecule has 1 aromatic rings. The topological polar surface area (TPSA) is 76.4 Å². The Kier molecular flexibility index (Phi) is 0.960. The summed E-state index contributed by atoms with van der Waals surface area (Å²) in [4.78, 5) is 10.8. The lowest BCUT2D eigenvalue weighted by atomic mass is 10.3. The molecule has 1 amide bonds. The Morgan fingerprint density at radius 2 is 2.18 bits per heavy atom. The average Bonchev–Trinajstić information content (AvgIpc) is 2.37. The molecule has 0 atom stereocenters. The largest absolute Gasteiger partial charge is 0.451 e. The molecule has 1 aliphatic heterocycles. The number of nitrogens with one attached hydrogen (secondary N) is 1. The van der Waals surface area contributed by atoms with Crippen LogP contribution in [-0.2, 0) is 10.0 Å². The third-order valence-electron chi connectivity index (χ3n) is 1.35. The van der Waals surface area contributed by atoms with E-state index >= 15 is 0 Å². The van der Waals surface area contributed by atoms with E-state index in [4.69, 9.17) is 0 Å². The number of carbonyl (C=O) groups excluding carboxylic acids is 1. The maximum Gasteiger partial charge on any atom is 0.298 e. The molecule has 1 N–H and O–H groups in total. The Bertz CT molecular complexity index is 415. The third-order valence-corrected chi connectivity index (χ3v) is 2.60. The average molecular weight is 173 g/mol. The first kappa shape index (κ1) is 6.41. The van der Waals surface area contributed by atoms with Gasteiger partial charge in [0, 0.05) is 0 Å². The number of sulfonamides is 1. The lowest BCUT2D eigenvalue weighted by molar-refractivity contribution is 0.0984. The molecular weight excluding hydrogens is 170 g/mol. The number of amides is 1. The fourth-order valence-corrected chi connectivity index (χ4v) is 1.97. The fraction of sp³-hybridized carbons (Fsp3) is 0. The van der Waals surface area contributed by atoms with E-state index in [1.165, 1.54) is 12.3 Å². The summed E-state index contributed by atoms with van der Waals surface area (Å²) < 4.78 is 28.2. The second-order valence-electron chi connectivity index (χ2n) is 2.06. The SMILES string of the molecule is O=C1NS(=O)(=O)c2occc21. The Balaban J connectivity index is 2.83. The molecule has 5 nitrogen and oxygen atoms in total. The van der Waals surface area contributed by atoms with E-state index in [9.17, 15) is 13.2 Å². The van der Waals surface area contributed by atoms with Crippen molar-refractivity contribution in [3.63, 3.8) is 0 Å². The summed E-state index contributed by atoms with van der Waals surface area (Å²) in [5.74, 6) is -0.631. The molecule has 1 aliphatic rings. The summed E-state index contributed by atoms with van der Waals surface area (Å²) in [5.41, 5.74) is 0.0741. The molecule has 0 unspecified atom stereocenters. The van der Waals surface area contributed by atoms with Gasteiger partial charge in [-0.25, -0.2) is 4.72 Å². The predicted octanol–water partition coefficient (Wildman–Crippen LogP) is -0.288. The van der Waals surface area contributed by atoms with Crippen molar-refractivity contribution < 1.29 is 17.6 Å². The number of hydrogen-bond acceptors (Lipinski definition) is 4. The highest BCUT2D eigenvalue weighted by atomic mass is 32.2. The van der Waals surface area contributed by atoms with Gasteiger partial charge >= 0.3 is 0 Å². The molecule has 0 spiro atoms. The molecule has 0 saturated carbocycles. The van der Waals surface area contributed by atoms with Crippen LogP contribution in [0.15, 0.2) is 21.8 Å². The van der Waals surface area contributed by atoms with Gasteiger partial charge in [0.2, 0.25) is 0 Å². The summed E-state index contributed by atoms with van der Waals surface area (Å²) >= 11 is 0. The Morgan fingerprint density at radius 1 is 1.45 bits per heavy atom. The first-order valence-corrected chi connectivity index (χ1v) is 4.24.